The van der Waals surface area contributed by atoms with Gasteiger partial charge in [0.15, 0.2) is 15.5 Å². The third kappa shape index (κ3) is 3.98. The molecule has 0 bridgehead atoms. The minimum Gasteiger partial charge on any atom is -0.348 e. The summed E-state index contributed by atoms with van der Waals surface area (Å²) in [4.78, 5) is 17.7. The van der Waals surface area contributed by atoms with Crippen molar-refractivity contribution in [2.45, 2.75) is 18.9 Å². The number of nitrogens with zero attached hydrogens (tertiary/aromatic N) is 5. The van der Waals surface area contributed by atoms with E-state index in [9.17, 15) is 13.2 Å². The van der Waals surface area contributed by atoms with Crippen LogP contribution in [0.15, 0.2) is 42.4 Å². The van der Waals surface area contributed by atoms with Gasteiger partial charge >= 0.3 is 0 Å². The van der Waals surface area contributed by atoms with Crippen LogP contribution in [0, 0.1) is 0 Å². The van der Waals surface area contributed by atoms with Crippen LogP contribution in [0.4, 0.5) is 0 Å². The second kappa shape index (κ2) is 7.57. The lowest BCUT2D eigenvalue weighted by Gasteiger charge is -2.22. The molecule has 0 spiro atoms. The van der Waals surface area contributed by atoms with E-state index in [1.54, 1.807) is 33.9 Å². The lowest BCUT2D eigenvalue weighted by molar-refractivity contribution is 0.0942. The molecule has 11 heteroatoms. The van der Waals surface area contributed by atoms with Gasteiger partial charge in [-0.05, 0) is 29.9 Å². The van der Waals surface area contributed by atoms with E-state index < -0.39 is 9.84 Å². The number of hydrogen-bond donors (Lipinski definition) is 1. The largest absolute Gasteiger partial charge is 0.348 e. The third-order valence-corrected chi connectivity index (χ3v) is 8.08. The van der Waals surface area contributed by atoms with Crippen molar-refractivity contribution in [1.82, 2.24) is 29.7 Å². The molecule has 1 saturated heterocycles. The molecule has 1 aliphatic heterocycles. The molecule has 1 amide bonds. The number of sulfone groups is 1. The first-order valence-corrected chi connectivity index (χ1v) is 12.5. The van der Waals surface area contributed by atoms with Gasteiger partial charge in [0.1, 0.15) is 0 Å². The summed E-state index contributed by atoms with van der Waals surface area (Å²) in [6, 6.07) is 1.46. The number of thiophene rings is 1. The van der Waals surface area contributed by atoms with Crippen molar-refractivity contribution in [3.63, 3.8) is 0 Å². The average Bonchev–Trinajstić information content (AvgIpc) is 3.45. The van der Waals surface area contributed by atoms with Gasteiger partial charge in [-0.2, -0.15) is 10.2 Å². The van der Waals surface area contributed by atoms with Gasteiger partial charge in [-0.15, -0.1) is 11.3 Å². The Hall–Kier alpha value is -3.05. The number of nitrogens with one attached hydrogen (secondary N) is 1. The summed E-state index contributed by atoms with van der Waals surface area (Å²) in [5, 5.41) is 13.4. The highest BCUT2D eigenvalue weighted by Gasteiger charge is 2.26. The van der Waals surface area contributed by atoms with E-state index in [0.717, 1.165) is 22.3 Å². The van der Waals surface area contributed by atoms with Crippen molar-refractivity contribution < 1.29 is 13.2 Å². The van der Waals surface area contributed by atoms with Gasteiger partial charge in [0.2, 0.25) is 0 Å². The summed E-state index contributed by atoms with van der Waals surface area (Å²) in [5.74, 6) is -0.0392. The Kier molecular flexibility index (Phi) is 4.86. The molecule has 0 saturated carbocycles. The summed E-state index contributed by atoms with van der Waals surface area (Å²) in [6.45, 7) is 0. The zero-order chi connectivity index (χ0) is 21.6. The van der Waals surface area contributed by atoms with Crippen molar-refractivity contribution >= 4 is 32.7 Å². The first kappa shape index (κ1) is 19.9. The lowest BCUT2D eigenvalue weighted by Crippen LogP contribution is -2.42. The fraction of sp³-hybridized carbons (Fsp3) is 0.300. The number of aryl methyl sites for hydroxylation is 1. The maximum Gasteiger partial charge on any atom is 0.261 e. The predicted molar refractivity (Wildman–Crippen MR) is 118 cm³/mol. The van der Waals surface area contributed by atoms with Crippen LogP contribution in [0.5, 0.6) is 0 Å². The number of carbonyl (C=O) groups excluding carboxylic acids is 1. The van der Waals surface area contributed by atoms with E-state index in [0.29, 0.717) is 23.4 Å². The molecule has 0 aromatic carbocycles. The normalized spacial score (nSPS) is 18.3. The van der Waals surface area contributed by atoms with Crippen LogP contribution >= 0.6 is 11.3 Å². The van der Waals surface area contributed by atoms with E-state index in [-0.39, 0.29) is 23.5 Å². The Bertz CT molecular complexity index is 1380. The molecule has 1 N–H and O–H groups in total. The van der Waals surface area contributed by atoms with Crippen LogP contribution in [0.3, 0.4) is 0 Å². The molecule has 0 radical (unpaired) electrons. The first-order chi connectivity index (χ1) is 14.9. The number of carbonyl (C=O) groups is 1. The lowest BCUT2D eigenvalue weighted by atomic mass is 10.1. The van der Waals surface area contributed by atoms with Crippen molar-refractivity contribution in [3.05, 3.63) is 47.3 Å². The average molecular weight is 457 g/mol. The number of amides is 1. The van der Waals surface area contributed by atoms with E-state index in [1.807, 2.05) is 24.8 Å². The standard InChI is InChI=1S/C20H20N6O3S2/c1-25-9-15(7-22-25)14-6-21-19-17(8-23-26(19)10-14)13-5-18(30-11-13)20(27)24-16-3-2-4-31(28,29)12-16/h5-11,16H,2-4,12H2,1H3,(H,24,27)/t16-/m1/s1. The molecule has 0 aliphatic carbocycles. The quantitative estimate of drug-likeness (QED) is 0.504. The topological polar surface area (TPSA) is 111 Å². The Morgan fingerprint density at radius 2 is 2.00 bits per heavy atom. The Balaban J connectivity index is 1.37. The molecule has 4 aromatic rings. The molecule has 1 aliphatic rings. The highest BCUT2D eigenvalue weighted by molar-refractivity contribution is 7.91. The molecule has 160 valence electrons. The van der Waals surface area contributed by atoms with Gasteiger partial charge in [0.05, 0.1) is 28.8 Å². The molecular formula is C20H20N6O3S2. The molecule has 4 aromatic heterocycles. The molecule has 0 unspecified atom stereocenters. The SMILES string of the molecule is Cn1cc(-c2cnc3c(-c4csc(C(=O)N[C@@H]5CCCS(=O)(=O)C5)c4)cnn3c2)cn1. The molecule has 5 rings (SSSR count). The maximum atomic E-state index is 12.6. The van der Waals surface area contributed by atoms with Crippen molar-refractivity contribution in [3.8, 4) is 22.3 Å². The Morgan fingerprint density at radius 3 is 2.77 bits per heavy atom. The number of rotatable bonds is 4. The van der Waals surface area contributed by atoms with E-state index >= 15 is 0 Å². The fourth-order valence-electron chi connectivity index (χ4n) is 3.79. The summed E-state index contributed by atoms with van der Waals surface area (Å²) < 4.78 is 27.1. The summed E-state index contributed by atoms with van der Waals surface area (Å²) >= 11 is 1.32. The maximum absolute atomic E-state index is 12.6. The second-order valence-electron chi connectivity index (χ2n) is 7.70. The second-order valence-corrected chi connectivity index (χ2v) is 10.8. The van der Waals surface area contributed by atoms with Crippen molar-refractivity contribution in [1.29, 1.82) is 0 Å². The van der Waals surface area contributed by atoms with Crippen LogP contribution in [-0.4, -0.2) is 56.3 Å². The molecular weight excluding hydrogens is 436 g/mol. The summed E-state index contributed by atoms with van der Waals surface area (Å²) in [7, 11) is -1.21. The Labute approximate surface area is 182 Å². The molecule has 9 nitrogen and oxygen atoms in total. The van der Waals surface area contributed by atoms with Crippen LogP contribution in [0.25, 0.3) is 27.9 Å². The monoisotopic (exact) mass is 456 g/mol. The van der Waals surface area contributed by atoms with Gasteiger partial charge in [-0.25, -0.2) is 17.9 Å². The fourth-order valence-corrected chi connectivity index (χ4v) is 6.23. The molecule has 5 heterocycles. The van der Waals surface area contributed by atoms with Crippen molar-refractivity contribution in [2.75, 3.05) is 11.5 Å². The molecule has 1 atom stereocenters. The minimum absolute atomic E-state index is 0.00814. The first-order valence-electron chi connectivity index (χ1n) is 9.80. The van der Waals surface area contributed by atoms with Gasteiger partial charge in [-0.3, -0.25) is 9.48 Å². The van der Waals surface area contributed by atoms with Crippen LogP contribution < -0.4 is 5.32 Å². The van der Waals surface area contributed by atoms with E-state index in [2.05, 4.69) is 20.5 Å². The molecule has 31 heavy (non-hydrogen) atoms. The van der Waals surface area contributed by atoms with Gasteiger partial charge < -0.3 is 5.32 Å². The van der Waals surface area contributed by atoms with Crippen molar-refractivity contribution in [2.24, 2.45) is 7.05 Å². The summed E-state index contributed by atoms with van der Waals surface area (Å²) in [6.07, 6.45) is 10.3. The van der Waals surface area contributed by atoms with E-state index in [4.69, 9.17) is 0 Å². The van der Waals surface area contributed by atoms with Gasteiger partial charge in [0.25, 0.3) is 5.91 Å². The highest BCUT2D eigenvalue weighted by atomic mass is 32.2. The van der Waals surface area contributed by atoms with Gasteiger partial charge in [-0.1, -0.05) is 0 Å². The van der Waals surface area contributed by atoms with Gasteiger partial charge in [0, 0.05) is 48.4 Å². The zero-order valence-corrected chi connectivity index (χ0v) is 18.4. The predicted octanol–water partition coefficient (Wildman–Crippen LogP) is 2.17. The number of fused-ring (bicyclic) bond motifs is 1. The van der Waals surface area contributed by atoms with Crippen LogP contribution in [0.2, 0.25) is 0 Å². The number of hydrogen-bond acceptors (Lipinski definition) is 7. The summed E-state index contributed by atoms with van der Waals surface area (Å²) in [5.41, 5.74) is 4.23. The van der Waals surface area contributed by atoms with Crippen LogP contribution in [0.1, 0.15) is 22.5 Å². The zero-order valence-electron chi connectivity index (χ0n) is 16.7. The molecule has 1 fully saturated rings. The van der Waals surface area contributed by atoms with Crippen LogP contribution in [-0.2, 0) is 16.9 Å². The smallest absolute Gasteiger partial charge is 0.261 e. The Morgan fingerprint density at radius 1 is 1.16 bits per heavy atom. The number of aromatic nitrogens is 5. The minimum atomic E-state index is -3.07. The van der Waals surface area contributed by atoms with E-state index in [1.165, 1.54) is 11.3 Å². The third-order valence-electron chi connectivity index (χ3n) is 5.33. The highest BCUT2D eigenvalue weighted by Crippen LogP contribution is 2.29.